The molecule has 1 aromatic heterocycles. The van der Waals surface area contributed by atoms with E-state index in [0.29, 0.717) is 0 Å². The van der Waals surface area contributed by atoms with Crippen LogP contribution < -0.4 is 0 Å². The van der Waals surface area contributed by atoms with Gasteiger partial charge in [-0.2, -0.15) is 0 Å². The first kappa shape index (κ1) is 12.9. The number of halogens is 2. The summed E-state index contributed by atoms with van der Waals surface area (Å²) in [7, 11) is 0. The second-order valence-electron chi connectivity index (χ2n) is 5.16. The summed E-state index contributed by atoms with van der Waals surface area (Å²) >= 11 is 7.15. The lowest BCUT2D eigenvalue weighted by Crippen LogP contribution is -2.06. The minimum absolute atomic E-state index is 0.164. The van der Waals surface area contributed by atoms with Gasteiger partial charge in [0.1, 0.15) is 6.23 Å². The fourth-order valence-corrected chi connectivity index (χ4v) is 3.79. The Morgan fingerprint density at radius 1 is 0.950 bits per heavy atom. The summed E-state index contributed by atoms with van der Waals surface area (Å²) < 4.78 is 10.5. The van der Waals surface area contributed by atoms with E-state index in [1.54, 1.807) is 0 Å². The maximum absolute atomic E-state index is 5.91. The second-order valence-corrected chi connectivity index (χ2v) is 6.99. The van der Waals surface area contributed by atoms with Crippen LogP contribution in [0.3, 0.4) is 0 Å². The molecule has 1 unspecified atom stereocenters. The first-order valence-corrected chi connectivity index (χ1v) is 8.33. The lowest BCUT2D eigenvalue weighted by Gasteiger charge is -2.15. The van der Waals surface area contributed by atoms with Crippen LogP contribution >= 0.6 is 31.9 Å². The molecule has 1 atom stereocenters. The third-order valence-electron chi connectivity index (χ3n) is 3.92. The molecule has 20 heavy (non-hydrogen) atoms. The van der Waals surface area contributed by atoms with Crippen LogP contribution in [0.15, 0.2) is 45.3 Å². The van der Waals surface area contributed by atoms with Crippen molar-refractivity contribution < 1.29 is 4.74 Å². The second kappa shape index (κ2) is 4.86. The lowest BCUT2D eigenvalue weighted by atomic mass is 10.2. The predicted octanol–water partition coefficient (Wildman–Crippen LogP) is 5.63. The highest BCUT2D eigenvalue weighted by Crippen LogP contribution is 2.37. The maximum Gasteiger partial charge on any atom is 0.134 e. The van der Waals surface area contributed by atoms with E-state index < -0.39 is 0 Å². The number of hydrogen-bond acceptors (Lipinski definition) is 1. The van der Waals surface area contributed by atoms with Crippen LogP contribution in [0.1, 0.15) is 19.1 Å². The van der Waals surface area contributed by atoms with Gasteiger partial charge in [0.15, 0.2) is 0 Å². The fourth-order valence-electron chi connectivity index (χ4n) is 3.07. The van der Waals surface area contributed by atoms with Gasteiger partial charge in [0.2, 0.25) is 0 Å². The van der Waals surface area contributed by atoms with Crippen molar-refractivity contribution in [2.75, 3.05) is 6.61 Å². The number of hydrogen-bond donors (Lipinski definition) is 0. The zero-order valence-corrected chi connectivity index (χ0v) is 13.9. The molecule has 4 rings (SSSR count). The van der Waals surface area contributed by atoms with Crippen LogP contribution in [-0.2, 0) is 4.74 Å². The van der Waals surface area contributed by atoms with Gasteiger partial charge >= 0.3 is 0 Å². The quantitative estimate of drug-likeness (QED) is 0.521. The Morgan fingerprint density at radius 3 is 2.05 bits per heavy atom. The molecule has 1 aliphatic heterocycles. The lowest BCUT2D eigenvalue weighted by molar-refractivity contribution is 0.0633. The van der Waals surface area contributed by atoms with E-state index in [0.717, 1.165) is 28.4 Å². The molecule has 102 valence electrons. The van der Waals surface area contributed by atoms with E-state index in [1.807, 2.05) is 0 Å². The first-order chi connectivity index (χ1) is 9.74. The number of ether oxygens (including phenoxy) is 1. The number of rotatable bonds is 1. The van der Waals surface area contributed by atoms with Gasteiger partial charge in [-0.15, -0.1) is 0 Å². The summed E-state index contributed by atoms with van der Waals surface area (Å²) in [6.45, 7) is 0.860. The summed E-state index contributed by atoms with van der Waals surface area (Å²) in [5.41, 5.74) is 2.49. The SMILES string of the molecule is Brc1ccc2c(c1)c1cc(Br)ccc1n2C1CCCO1. The van der Waals surface area contributed by atoms with Crippen LogP contribution in [0.25, 0.3) is 21.8 Å². The Labute approximate surface area is 134 Å². The molecule has 1 fully saturated rings. The van der Waals surface area contributed by atoms with Gasteiger partial charge in [0.05, 0.1) is 11.0 Å². The third-order valence-corrected chi connectivity index (χ3v) is 4.91. The van der Waals surface area contributed by atoms with Crippen molar-refractivity contribution in [1.82, 2.24) is 4.57 Å². The van der Waals surface area contributed by atoms with Crippen molar-refractivity contribution in [3.05, 3.63) is 45.3 Å². The summed E-state index contributed by atoms with van der Waals surface area (Å²) in [6, 6.07) is 12.9. The summed E-state index contributed by atoms with van der Waals surface area (Å²) in [4.78, 5) is 0. The molecule has 1 saturated heterocycles. The molecule has 2 nitrogen and oxygen atoms in total. The van der Waals surface area contributed by atoms with E-state index in [9.17, 15) is 0 Å². The zero-order chi connectivity index (χ0) is 13.7. The maximum atomic E-state index is 5.91. The van der Waals surface area contributed by atoms with Crippen molar-refractivity contribution in [2.24, 2.45) is 0 Å². The van der Waals surface area contributed by atoms with E-state index in [-0.39, 0.29) is 6.23 Å². The normalized spacial score (nSPS) is 19.2. The van der Waals surface area contributed by atoms with Gasteiger partial charge < -0.3 is 9.30 Å². The molecule has 2 aromatic carbocycles. The van der Waals surface area contributed by atoms with Crippen LogP contribution in [0.2, 0.25) is 0 Å². The van der Waals surface area contributed by atoms with Crippen molar-refractivity contribution in [2.45, 2.75) is 19.1 Å². The molecule has 4 heteroatoms. The molecular weight excluding hydrogens is 382 g/mol. The largest absolute Gasteiger partial charge is 0.358 e. The highest BCUT2D eigenvalue weighted by molar-refractivity contribution is 9.10. The van der Waals surface area contributed by atoms with E-state index >= 15 is 0 Å². The van der Waals surface area contributed by atoms with E-state index in [2.05, 4.69) is 72.8 Å². The molecular formula is C16H13Br2NO. The topological polar surface area (TPSA) is 14.2 Å². The number of fused-ring (bicyclic) bond motifs is 3. The number of aromatic nitrogens is 1. The fraction of sp³-hybridized carbons (Fsp3) is 0.250. The Bertz CT molecular complexity index is 744. The summed E-state index contributed by atoms with van der Waals surface area (Å²) in [5.74, 6) is 0. The zero-order valence-electron chi connectivity index (χ0n) is 10.8. The highest BCUT2D eigenvalue weighted by Gasteiger charge is 2.22. The van der Waals surface area contributed by atoms with E-state index in [4.69, 9.17) is 4.74 Å². The smallest absolute Gasteiger partial charge is 0.134 e. The Hall–Kier alpha value is -0.840. The summed E-state index contributed by atoms with van der Waals surface area (Å²) in [6.07, 6.45) is 2.39. The molecule has 0 bridgehead atoms. The molecule has 0 amide bonds. The molecule has 0 spiro atoms. The van der Waals surface area contributed by atoms with Gasteiger partial charge in [-0.25, -0.2) is 0 Å². The predicted molar refractivity (Wildman–Crippen MR) is 89.1 cm³/mol. The monoisotopic (exact) mass is 393 g/mol. The number of nitrogens with zero attached hydrogens (tertiary/aromatic N) is 1. The highest BCUT2D eigenvalue weighted by atomic mass is 79.9. The summed E-state index contributed by atoms with van der Waals surface area (Å²) in [5, 5.41) is 2.54. The van der Waals surface area contributed by atoms with Crippen LogP contribution in [0.4, 0.5) is 0 Å². The van der Waals surface area contributed by atoms with Crippen molar-refractivity contribution in [1.29, 1.82) is 0 Å². The van der Waals surface area contributed by atoms with Crippen molar-refractivity contribution in [3.63, 3.8) is 0 Å². The molecule has 2 heterocycles. The van der Waals surface area contributed by atoms with Gasteiger partial charge in [-0.3, -0.25) is 0 Å². The Kier molecular flexibility index (Phi) is 3.13. The first-order valence-electron chi connectivity index (χ1n) is 6.74. The van der Waals surface area contributed by atoms with E-state index in [1.165, 1.54) is 21.8 Å². The van der Waals surface area contributed by atoms with Crippen LogP contribution in [0.5, 0.6) is 0 Å². The Balaban J connectivity index is 2.12. The minimum Gasteiger partial charge on any atom is -0.358 e. The molecule has 0 N–H and O–H groups in total. The third kappa shape index (κ3) is 1.93. The minimum atomic E-state index is 0.164. The average molecular weight is 395 g/mol. The van der Waals surface area contributed by atoms with Crippen molar-refractivity contribution >= 4 is 53.7 Å². The Morgan fingerprint density at radius 2 is 1.55 bits per heavy atom. The van der Waals surface area contributed by atoms with Gasteiger partial charge in [-0.05, 0) is 49.2 Å². The van der Waals surface area contributed by atoms with Gasteiger partial charge in [-0.1, -0.05) is 31.9 Å². The molecule has 0 aliphatic carbocycles. The molecule has 3 aromatic rings. The van der Waals surface area contributed by atoms with Gasteiger partial charge in [0.25, 0.3) is 0 Å². The molecule has 0 radical (unpaired) electrons. The van der Waals surface area contributed by atoms with Crippen molar-refractivity contribution in [3.8, 4) is 0 Å². The number of benzene rings is 2. The van der Waals surface area contributed by atoms with Crippen LogP contribution in [0, 0.1) is 0 Å². The molecule has 1 aliphatic rings. The average Bonchev–Trinajstić information content (AvgIpc) is 3.04. The molecule has 0 saturated carbocycles. The van der Waals surface area contributed by atoms with Crippen LogP contribution in [-0.4, -0.2) is 11.2 Å². The standard InChI is InChI=1S/C16H13Br2NO/c17-10-3-5-14-12(8-10)13-9-11(18)4-6-15(13)19(14)16-2-1-7-20-16/h3-6,8-9,16H,1-2,7H2. The van der Waals surface area contributed by atoms with Gasteiger partial charge in [0, 0.05) is 26.3 Å².